The van der Waals surface area contributed by atoms with Crippen LogP contribution in [0.4, 0.5) is 5.82 Å². The first kappa shape index (κ1) is 22.8. The van der Waals surface area contributed by atoms with Crippen LogP contribution in [0.15, 0.2) is 42.5 Å². The van der Waals surface area contributed by atoms with Crippen LogP contribution < -0.4 is 10.6 Å². The van der Waals surface area contributed by atoms with Crippen molar-refractivity contribution in [3.8, 4) is 11.5 Å². The van der Waals surface area contributed by atoms with Gasteiger partial charge in [0, 0.05) is 5.39 Å². The number of amides is 1. The molecule has 3 aromatic rings. The van der Waals surface area contributed by atoms with Gasteiger partial charge in [0.15, 0.2) is 17.3 Å². The molecule has 32 heavy (non-hydrogen) atoms. The Labute approximate surface area is 185 Å². The van der Waals surface area contributed by atoms with E-state index in [1.165, 1.54) is 19.2 Å². The predicted molar refractivity (Wildman–Crippen MR) is 119 cm³/mol. The Bertz CT molecular complexity index is 1130. The normalized spacial score (nSPS) is 11.9. The smallest absolute Gasteiger partial charge is 0.328 e. The van der Waals surface area contributed by atoms with Gasteiger partial charge >= 0.3 is 5.97 Å². The third-order valence-corrected chi connectivity index (χ3v) is 4.91. The van der Waals surface area contributed by atoms with Gasteiger partial charge in [0.2, 0.25) is 5.91 Å². The molecule has 4 N–H and O–H groups in total. The lowest BCUT2D eigenvalue weighted by Crippen LogP contribution is -2.36. The SMILES string of the molecule is COC(=O)[C@@H](Nc1nc(CNC(=O)Cc2ccc(O)c(O)c2)nc2ccccc12)C(C)C. The van der Waals surface area contributed by atoms with E-state index in [0.717, 1.165) is 5.39 Å². The standard InChI is InChI=1S/C23H26N4O5/c1-13(2)21(23(31)32-3)27-22-15-6-4-5-7-16(15)25-19(26-22)12-24-20(30)11-14-8-9-17(28)18(29)10-14/h4-10,13,21,28-29H,11-12H2,1-3H3,(H,24,30)(H,25,26,27)/t21-/m0/s1. The van der Waals surface area contributed by atoms with Gasteiger partial charge in [-0.15, -0.1) is 0 Å². The zero-order valence-corrected chi connectivity index (χ0v) is 18.1. The minimum Gasteiger partial charge on any atom is -0.504 e. The highest BCUT2D eigenvalue weighted by Gasteiger charge is 2.24. The Balaban J connectivity index is 1.78. The van der Waals surface area contributed by atoms with E-state index in [1.807, 2.05) is 38.1 Å². The van der Waals surface area contributed by atoms with Gasteiger partial charge < -0.3 is 25.6 Å². The second-order valence-electron chi connectivity index (χ2n) is 7.67. The van der Waals surface area contributed by atoms with Crippen molar-refractivity contribution in [1.29, 1.82) is 0 Å². The Morgan fingerprint density at radius 3 is 2.50 bits per heavy atom. The second kappa shape index (κ2) is 9.95. The fourth-order valence-corrected chi connectivity index (χ4v) is 3.19. The molecular weight excluding hydrogens is 412 g/mol. The first-order valence-corrected chi connectivity index (χ1v) is 10.2. The molecule has 0 radical (unpaired) electrons. The fraction of sp³-hybridized carbons (Fsp3) is 0.304. The van der Waals surface area contributed by atoms with Gasteiger partial charge in [0.05, 0.1) is 25.6 Å². The van der Waals surface area contributed by atoms with Crippen molar-refractivity contribution in [1.82, 2.24) is 15.3 Å². The molecule has 0 spiro atoms. The molecule has 9 heteroatoms. The summed E-state index contributed by atoms with van der Waals surface area (Å²) in [6.07, 6.45) is 0.0181. The molecule has 1 heterocycles. The minimum absolute atomic E-state index is 0.0181. The van der Waals surface area contributed by atoms with E-state index in [1.54, 1.807) is 6.07 Å². The molecule has 0 aliphatic heterocycles. The highest BCUT2D eigenvalue weighted by atomic mass is 16.5. The predicted octanol–water partition coefficient (Wildman–Crippen LogP) is 2.51. The van der Waals surface area contributed by atoms with Crippen LogP contribution in [0.2, 0.25) is 0 Å². The van der Waals surface area contributed by atoms with Crippen molar-refractivity contribution in [3.05, 3.63) is 53.9 Å². The first-order chi connectivity index (χ1) is 15.3. The van der Waals surface area contributed by atoms with E-state index in [0.29, 0.717) is 22.7 Å². The number of nitrogens with zero attached hydrogens (tertiary/aromatic N) is 2. The monoisotopic (exact) mass is 438 g/mol. The quantitative estimate of drug-likeness (QED) is 0.311. The van der Waals surface area contributed by atoms with E-state index in [-0.39, 0.29) is 36.3 Å². The molecule has 0 bridgehead atoms. The fourth-order valence-electron chi connectivity index (χ4n) is 3.19. The Morgan fingerprint density at radius 2 is 1.81 bits per heavy atom. The molecule has 0 aliphatic rings. The number of aromatic hydroxyl groups is 2. The Kier molecular flexibility index (Phi) is 7.09. The zero-order valence-electron chi connectivity index (χ0n) is 18.1. The number of carbonyl (C=O) groups is 2. The summed E-state index contributed by atoms with van der Waals surface area (Å²) in [5.74, 6) is -0.404. The average Bonchev–Trinajstić information content (AvgIpc) is 2.77. The highest BCUT2D eigenvalue weighted by molar-refractivity contribution is 5.91. The number of benzene rings is 2. The third-order valence-electron chi connectivity index (χ3n) is 4.91. The van der Waals surface area contributed by atoms with Crippen LogP contribution in [0.3, 0.4) is 0 Å². The number of phenols is 2. The number of carbonyl (C=O) groups excluding carboxylic acids is 2. The Hall–Kier alpha value is -3.88. The minimum atomic E-state index is -0.595. The Morgan fingerprint density at radius 1 is 1.06 bits per heavy atom. The summed E-state index contributed by atoms with van der Waals surface area (Å²) in [4.78, 5) is 33.6. The van der Waals surface area contributed by atoms with E-state index in [2.05, 4.69) is 20.6 Å². The topological polar surface area (TPSA) is 134 Å². The van der Waals surface area contributed by atoms with Crippen LogP contribution in [0.1, 0.15) is 25.2 Å². The number of hydrogen-bond donors (Lipinski definition) is 4. The molecule has 2 aromatic carbocycles. The first-order valence-electron chi connectivity index (χ1n) is 10.2. The molecule has 9 nitrogen and oxygen atoms in total. The van der Waals surface area contributed by atoms with Crippen molar-refractivity contribution in [2.75, 3.05) is 12.4 Å². The zero-order chi connectivity index (χ0) is 23.3. The lowest BCUT2D eigenvalue weighted by Gasteiger charge is -2.21. The molecule has 3 rings (SSSR count). The molecular formula is C23H26N4O5. The summed E-state index contributed by atoms with van der Waals surface area (Å²) in [6.45, 7) is 3.88. The summed E-state index contributed by atoms with van der Waals surface area (Å²) in [7, 11) is 1.34. The number of aromatic nitrogens is 2. The van der Waals surface area contributed by atoms with Crippen molar-refractivity contribution in [2.45, 2.75) is 32.9 Å². The van der Waals surface area contributed by atoms with Crippen molar-refractivity contribution < 1.29 is 24.5 Å². The van der Waals surface area contributed by atoms with Crippen molar-refractivity contribution in [3.63, 3.8) is 0 Å². The number of anilines is 1. The third kappa shape index (κ3) is 5.42. The number of esters is 1. The summed E-state index contributed by atoms with van der Waals surface area (Å²) in [5.41, 5.74) is 1.22. The van der Waals surface area contributed by atoms with Crippen LogP contribution in [-0.4, -0.2) is 45.2 Å². The van der Waals surface area contributed by atoms with Crippen LogP contribution in [0.25, 0.3) is 10.9 Å². The summed E-state index contributed by atoms with van der Waals surface area (Å²) in [5, 5.41) is 25.6. The number of phenolic OH excluding ortho intramolecular Hbond substituents is 2. The van der Waals surface area contributed by atoms with E-state index < -0.39 is 12.0 Å². The average molecular weight is 438 g/mol. The summed E-state index contributed by atoms with van der Waals surface area (Å²) in [6, 6.07) is 11.0. The number of rotatable bonds is 8. The van der Waals surface area contributed by atoms with Crippen LogP contribution in [-0.2, 0) is 27.3 Å². The van der Waals surface area contributed by atoms with Crippen LogP contribution >= 0.6 is 0 Å². The van der Waals surface area contributed by atoms with E-state index >= 15 is 0 Å². The molecule has 0 aliphatic carbocycles. The van der Waals surface area contributed by atoms with Gasteiger partial charge in [0.25, 0.3) is 0 Å². The molecule has 0 fully saturated rings. The molecule has 168 valence electrons. The van der Waals surface area contributed by atoms with Gasteiger partial charge in [-0.1, -0.05) is 32.0 Å². The van der Waals surface area contributed by atoms with Crippen molar-refractivity contribution in [2.24, 2.45) is 5.92 Å². The van der Waals surface area contributed by atoms with Gasteiger partial charge in [-0.3, -0.25) is 4.79 Å². The maximum Gasteiger partial charge on any atom is 0.328 e. The molecule has 0 saturated heterocycles. The molecule has 0 saturated carbocycles. The van der Waals surface area contributed by atoms with Crippen molar-refractivity contribution >= 4 is 28.6 Å². The molecule has 1 atom stereocenters. The van der Waals surface area contributed by atoms with E-state index in [4.69, 9.17) is 4.74 Å². The largest absolute Gasteiger partial charge is 0.504 e. The highest BCUT2D eigenvalue weighted by Crippen LogP contribution is 2.25. The number of nitrogens with one attached hydrogen (secondary N) is 2. The number of methoxy groups -OCH3 is 1. The van der Waals surface area contributed by atoms with Gasteiger partial charge in [0.1, 0.15) is 11.9 Å². The maximum absolute atomic E-state index is 12.3. The van der Waals surface area contributed by atoms with Gasteiger partial charge in [-0.05, 0) is 35.7 Å². The summed E-state index contributed by atoms with van der Waals surface area (Å²) >= 11 is 0. The lowest BCUT2D eigenvalue weighted by molar-refractivity contribution is -0.142. The number of para-hydroxylation sites is 1. The number of fused-ring (bicyclic) bond motifs is 1. The molecule has 0 unspecified atom stereocenters. The van der Waals surface area contributed by atoms with Crippen LogP contribution in [0, 0.1) is 5.92 Å². The summed E-state index contributed by atoms with van der Waals surface area (Å²) < 4.78 is 4.90. The van der Waals surface area contributed by atoms with Gasteiger partial charge in [-0.2, -0.15) is 0 Å². The number of ether oxygens (including phenoxy) is 1. The van der Waals surface area contributed by atoms with E-state index in [9.17, 15) is 19.8 Å². The molecule has 1 aromatic heterocycles. The maximum atomic E-state index is 12.3. The number of hydrogen-bond acceptors (Lipinski definition) is 8. The van der Waals surface area contributed by atoms with Gasteiger partial charge in [-0.25, -0.2) is 14.8 Å². The molecule has 1 amide bonds. The van der Waals surface area contributed by atoms with Crippen LogP contribution in [0.5, 0.6) is 11.5 Å². The lowest BCUT2D eigenvalue weighted by atomic mass is 10.0. The second-order valence-corrected chi connectivity index (χ2v) is 7.67.